The second kappa shape index (κ2) is 16.0. The minimum atomic E-state index is -4.98. The number of hydrogen-bond donors (Lipinski definition) is 6. The Bertz CT molecular complexity index is 3500. The molecule has 61 heavy (non-hydrogen) atoms. The van der Waals surface area contributed by atoms with Crippen LogP contribution < -0.4 is 10.6 Å². The van der Waals surface area contributed by atoms with Crippen molar-refractivity contribution in [1.82, 2.24) is 15.0 Å². The third-order valence-electron chi connectivity index (χ3n) is 8.72. The molecule has 7 aromatic rings. The Kier molecular flexibility index (Phi) is 11.3. The van der Waals surface area contributed by atoms with E-state index in [-0.39, 0.29) is 67.0 Å². The van der Waals surface area contributed by atoms with Gasteiger partial charge in [-0.05, 0) is 77.8 Å². The van der Waals surface area contributed by atoms with Crippen LogP contribution in [0.25, 0.3) is 32.3 Å². The zero-order chi connectivity index (χ0) is 44.1. The molecular weight excluding hydrogens is 902 g/mol. The number of nitrogens with one attached hydrogen (secondary N) is 2. The van der Waals surface area contributed by atoms with Gasteiger partial charge in [-0.15, -0.1) is 15.3 Å². The fourth-order valence-electron chi connectivity index (χ4n) is 6.17. The summed E-state index contributed by atoms with van der Waals surface area (Å²) in [6, 6.07) is 19.2. The molecule has 314 valence electrons. The number of nitrogens with zero attached hydrogens (tertiary/aromatic N) is 7. The lowest BCUT2D eigenvalue weighted by Gasteiger charge is -2.12. The summed E-state index contributed by atoms with van der Waals surface area (Å²) in [5.41, 5.74) is 0.497. The normalized spacial score (nSPS) is 12.9. The second-order valence-corrected chi connectivity index (χ2v) is 18.8. The molecule has 1 aromatic heterocycles. The summed E-state index contributed by atoms with van der Waals surface area (Å²) in [7, 11) is -17.5. The maximum atomic E-state index is 12.3. The Morgan fingerprint density at radius 2 is 1.16 bits per heavy atom. The van der Waals surface area contributed by atoms with Crippen molar-refractivity contribution in [2.24, 2.45) is 20.5 Å². The quantitative estimate of drug-likeness (QED) is 0.0504. The lowest BCUT2D eigenvalue weighted by atomic mass is 10.0. The molecule has 0 spiro atoms. The molecule has 0 amide bonds. The zero-order valence-electron chi connectivity index (χ0n) is 30.6. The van der Waals surface area contributed by atoms with Gasteiger partial charge in [0.25, 0.3) is 40.5 Å². The molecule has 0 fully saturated rings. The molecule has 21 nitrogen and oxygen atoms in total. The summed E-state index contributed by atoms with van der Waals surface area (Å²) in [6.45, 7) is 0. The number of benzene rings is 6. The van der Waals surface area contributed by atoms with Gasteiger partial charge in [0.05, 0.1) is 27.6 Å². The summed E-state index contributed by atoms with van der Waals surface area (Å²) < 4.78 is 136. The number of rotatable bonds is 12. The van der Waals surface area contributed by atoms with E-state index in [1.54, 1.807) is 13.1 Å². The molecule has 26 heteroatoms. The van der Waals surface area contributed by atoms with Crippen LogP contribution in [-0.4, -0.2) is 73.9 Å². The number of fused-ring (bicyclic) bond motifs is 3. The van der Waals surface area contributed by atoms with Crippen LogP contribution in [0.15, 0.2) is 126 Å². The number of halogens is 1. The molecule has 0 atom stereocenters. The lowest BCUT2D eigenvalue weighted by Crippen LogP contribution is -2.04. The minimum Gasteiger partial charge on any atom is -0.357 e. The number of anilines is 3. The maximum Gasteiger partial charge on any atom is 0.295 e. The lowest BCUT2D eigenvalue weighted by molar-refractivity contribution is 0.480. The van der Waals surface area contributed by atoms with E-state index < -0.39 is 60.9 Å². The Balaban J connectivity index is 1.35. The second-order valence-electron chi connectivity index (χ2n) is 12.8. The third kappa shape index (κ3) is 9.59. The average Bonchev–Trinajstić information content (AvgIpc) is 3.17. The topological polar surface area (TPSA) is 330 Å². The van der Waals surface area contributed by atoms with Crippen LogP contribution in [0.1, 0.15) is 5.56 Å². The van der Waals surface area contributed by atoms with Gasteiger partial charge < -0.3 is 10.6 Å². The van der Waals surface area contributed by atoms with Crippen molar-refractivity contribution in [2.45, 2.75) is 20.4 Å². The van der Waals surface area contributed by atoms with Gasteiger partial charge in [-0.3, -0.25) is 18.2 Å². The SMILES string of the molecule is CNc1nc(Cl)nc(Nc2ccc(N=Nc3ccc(N=Nc4cc(S(=O)(=O)O)c5cccc(S(=O)(=O)O)c5c4)c4cc(CS(=O)(=O)O)ccc34)c3cc(S(=O)(=O)O)ccc23)n1. The van der Waals surface area contributed by atoms with E-state index in [0.29, 0.717) is 16.5 Å². The highest BCUT2D eigenvalue weighted by Crippen LogP contribution is 2.40. The van der Waals surface area contributed by atoms with Crippen molar-refractivity contribution >= 4 is 125 Å². The van der Waals surface area contributed by atoms with Gasteiger partial charge in [-0.1, -0.05) is 30.3 Å². The molecule has 0 bridgehead atoms. The first-order valence-electron chi connectivity index (χ1n) is 16.8. The summed E-state index contributed by atoms with van der Waals surface area (Å²) in [5.74, 6) is -0.607. The molecule has 0 aliphatic carbocycles. The van der Waals surface area contributed by atoms with Crippen LogP contribution in [0.4, 0.5) is 40.3 Å². The Morgan fingerprint density at radius 1 is 0.557 bits per heavy atom. The maximum absolute atomic E-state index is 12.3. The van der Waals surface area contributed by atoms with Gasteiger partial charge in [0.15, 0.2) is 0 Å². The summed E-state index contributed by atoms with van der Waals surface area (Å²) in [6.07, 6.45) is 0. The first-order valence-corrected chi connectivity index (χ1v) is 23.1. The predicted octanol–water partition coefficient (Wildman–Crippen LogP) is 7.73. The van der Waals surface area contributed by atoms with E-state index in [1.807, 2.05) is 0 Å². The van der Waals surface area contributed by atoms with Gasteiger partial charge in [0, 0.05) is 45.1 Å². The third-order valence-corrected chi connectivity index (χ3v) is 12.2. The van der Waals surface area contributed by atoms with Crippen molar-refractivity contribution in [2.75, 3.05) is 17.7 Å². The van der Waals surface area contributed by atoms with E-state index in [4.69, 9.17) is 11.6 Å². The number of azo groups is 2. The van der Waals surface area contributed by atoms with Gasteiger partial charge in [0.2, 0.25) is 17.2 Å². The van der Waals surface area contributed by atoms with Crippen LogP contribution in [0.5, 0.6) is 0 Å². The molecule has 0 saturated heterocycles. The average molecular weight is 928 g/mol. The van der Waals surface area contributed by atoms with Crippen LogP contribution >= 0.6 is 11.6 Å². The zero-order valence-corrected chi connectivity index (χ0v) is 34.6. The first-order chi connectivity index (χ1) is 28.6. The number of aromatic nitrogens is 3. The molecule has 7 rings (SSSR count). The molecular formula is C35H26ClN9O12S4. The fourth-order valence-corrected chi connectivity index (χ4v) is 8.86. The predicted molar refractivity (Wildman–Crippen MR) is 223 cm³/mol. The molecule has 6 aromatic carbocycles. The monoisotopic (exact) mass is 927 g/mol. The highest BCUT2D eigenvalue weighted by Gasteiger charge is 2.22. The summed E-state index contributed by atoms with van der Waals surface area (Å²) in [4.78, 5) is 10.3. The van der Waals surface area contributed by atoms with E-state index in [2.05, 4.69) is 46.0 Å². The van der Waals surface area contributed by atoms with Crippen LogP contribution in [0.3, 0.4) is 0 Å². The van der Waals surface area contributed by atoms with Gasteiger partial charge in [-0.25, -0.2) is 0 Å². The molecule has 1 heterocycles. The molecule has 6 N–H and O–H groups in total. The Hall–Kier alpha value is -6.16. The van der Waals surface area contributed by atoms with E-state index in [1.165, 1.54) is 60.7 Å². The fraction of sp³-hybridized carbons (Fsp3) is 0.0571. The van der Waals surface area contributed by atoms with Crippen molar-refractivity contribution < 1.29 is 51.9 Å². The summed E-state index contributed by atoms with van der Waals surface area (Å²) >= 11 is 6.03. The van der Waals surface area contributed by atoms with Crippen molar-refractivity contribution in [3.05, 3.63) is 102 Å². The van der Waals surface area contributed by atoms with E-state index in [9.17, 15) is 51.9 Å². The molecule has 0 saturated carbocycles. The first kappa shape index (κ1) is 42.9. The largest absolute Gasteiger partial charge is 0.357 e. The van der Waals surface area contributed by atoms with Crippen LogP contribution in [0.2, 0.25) is 5.28 Å². The Labute approximate surface area is 350 Å². The number of hydrogen-bond acceptors (Lipinski definition) is 17. The standard InChI is InChI=1S/C35H26ClN9O12S4/c1-37-34-39-33(36)40-35(41-34)38-27-9-10-30(25-16-20(59(49,50)51)6-8-21(25)27)45-44-28-11-12-29(24-13-18(5-7-22(24)28)17-58(46,47)48)43-42-19-14-26-23(32(15-19)61(55,56)57)3-2-4-31(26)60(52,53)54/h2-16H,17H2,1H3,(H,46,47,48)(H,49,50,51)(H,52,53,54)(H,55,56,57)(H2,37,38,39,40,41). The van der Waals surface area contributed by atoms with Crippen molar-refractivity contribution in [1.29, 1.82) is 0 Å². The van der Waals surface area contributed by atoms with Crippen molar-refractivity contribution in [3.8, 4) is 0 Å². The van der Waals surface area contributed by atoms with Crippen molar-refractivity contribution in [3.63, 3.8) is 0 Å². The minimum absolute atomic E-state index is 0.0289. The van der Waals surface area contributed by atoms with E-state index in [0.717, 1.165) is 24.3 Å². The van der Waals surface area contributed by atoms with Gasteiger partial charge in [-0.2, -0.15) is 53.7 Å². The van der Waals surface area contributed by atoms with Gasteiger partial charge in [0.1, 0.15) is 15.5 Å². The molecule has 0 unspecified atom stereocenters. The van der Waals surface area contributed by atoms with Gasteiger partial charge >= 0.3 is 0 Å². The smallest absolute Gasteiger partial charge is 0.295 e. The van der Waals surface area contributed by atoms with E-state index >= 15 is 0 Å². The summed E-state index contributed by atoms with van der Waals surface area (Å²) in [5, 5.41) is 23.2. The van der Waals surface area contributed by atoms with Crippen LogP contribution in [0, 0.1) is 0 Å². The Morgan fingerprint density at radius 3 is 1.80 bits per heavy atom. The highest BCUT2D eigenvalue weighted by molar-refractivity contribution is 7.86. The molecule has 0 radical (unpaired) electrons. The highest BCUT2D eigenvalue weighted by atomic mass is 35.5. The molecule has 0 aliphatic heterocycles. The van der Waals surface area contributed by atoms with Crippen LogP contribution in [-0.2, 0) is 46.2 Å². The molecule has 0 aliphatic rings.